The Hall–Kier alpha value is -3.46. The van der Waals surface area contributed by atoms with Crippen molar-refractivity contribution < 1.29 is 19.1 Å². The number of nitrogens with zero attached hydrogens (tertiary/aromatic N) is 4. The van der Waals surface area contributed by atoms with Crippen molar-refractivity contribution in [1.82, 2.24) is 19.7 Å². The fraction of sp³-hybridized carbons (Fsp3) is 0.318. The predicted octanol–water partition coefficient (Wildman–Crippen LogP) is 3.50. The molecule has 0 aliphatic heterocycles. The van der Waals surface area contributed by atoms with Crippen molar-refractivity contribution in [3.05, 3.63) is 58.0 Å². The summed E-state index contributed by atoms with van der Waals surface area (Å²) in [5.41, 5.74) is 3.00. The highest BCUT2D eigenvalue weighted by atomic mass is 35.5. The van der Waals surface area contributed by atoms with Gasteiger partial charge in [0, 0.05) is 22.5 Å². The monoisotopic (exact) mass is 457 g/mol. The first-order valence-electron chi connectivity index (χ1n) is 9.91. The summed E-state index contributed by atoms with van der Waals surface area (Å²) in [4.78, 5) is 33.4. The van der Waals surface area contributed by atoms with Crippen molar-refractivity contribution in [3.8, 4) is 11.7 Å². The zero-order chi connectivity index (χ0) is 23.4. The van der Waals surface area contributed by atoms with Gasteiger partial charge in [-0.3, -0.25) is 4.79 Å². The van der Waals surface area contributed by atoms with Crippen molar-refractivity contribution in [2.24, 2.45) is 0 Å². The van der Waals surface area contributed by atoms with Gasteiger partial charge in [0.2, 0.25) is 0 Å². The van der Waals surface area contributed by atoms with E-state index >= 15 is 0 Å². The summed E-state index contributed by atoms with van der Waals surface area (Å²) in [6.07, 6.45) is -0.904. The molecular formula is C22H24ClN5O4. The van der Waals surface area contributed by atoms with Crippen LogP contribution in [-0.2, 0) is 14.3 Å². The van der Waals surface area contributed by atoms with E-state index in [0.29, 0.717) is 28.2 Å². The third-order valence-electron chi connectivity index (χ3n) is 4.38. The molecule has 0 saturated carbocycles. The van der Waals surface area contributed by atoms with Gasteiger partial charge in [-0.05, 0) is 64.4 Å². The molecule has 0 fully saturated rings. The van der Waals surface area contributed by atoms with E-state index < -0.39 is 24.6 Å². The van der Waals surface area contributed by atoms with Crippen LogP contribution in [0.4, 0.5) is 5.82 Å². The van der Waals surface area contributed by atoms with Gasteiger partial charge >= 0.3 is 5.97 Å². The lowest BCUT2D eigenvalue weighted by molar-refractivity contribution is -0.153. The van der Waals surface area contributed by atoms with Crippen LogP contribution in [0, 0.1) is 27.7 Å². The number of nitrogens with one attached hydrogen (secondary N) is 1. The van der Waals surface area contributed by atoms with Crippen LogP contribution in [0.2, 0.25) is 5.02 Å². The summed E-state index contributed by atoms with van der Waals surface area (Å²) in [5.74, 6) is 0.0181. The van der Waals surface area contributed by atoms with Crippen molar-refractivity contribution in [1.29, 1.82) is 0 Å². The van der Waals surface area contributed by atoms with Crippen molar-refractivity contribution in [3.63, 3.8) is 0 Å². The van der Waals surface area contributed by atoms with Gasteiger partial charge in [-0.25, -0.2) is 14.8 Å². The number of ether oxygens (including phenoxy) is 2. The molecule has 3 aromatic rings. The minimum Gasteiger partial charge on any atom is -0.479 e. The Morgan fingerprint density at radius 2 is 1.75 bits per heavy atom. The van der Waals surface area contributed by atoms with E-state index in [1.807, 2.05) is 26.8 Å². The summed E-state index contributed by atoms with van der Waals surface area (Å²) in [5, 5.41) is 7.59. The van der Waals surface area contributed by atoms with Crippen LogP contribution < -0.4 is 10.1 Å². The molecule has 0 radical (unpaired) electrons. The lowest BCUT2D eigenvalue weighted by atomic mass is 10.2. The highest BCUT2D eigenvalue weighted by Crippen LogP contribution is 2.23. The Kier molecular flexibility index (Phi) is 7.09. The highest BCUT2D eigenvalue weighted by molar-refractivity contribution is 6.30. The quantitative estimate of drug-likeness (QED) is 0.541. The molecule has 10 heteroatoms. The zero-order valence-corrected chi connectivity index (χ0v) is 19.2. The van der Waals surface area contributed by atoms with Crippen LogP contribution in [0.5, 0.6) is 5.75 Å². The van der Waals surface area contributed by atoms with Gasteiger partial charge in [-0.2, -0.15) is 9.78 Å². The molecule has 1 N–H and O–H groups in total. The second-order valence-corrected chi connectivity index (χ2v) is 7.80. The molecule has 9 nitrogen and oxygen atoms in total. The van der Waals surface area contributed by atoms with E-state index in [0.717, 1.165) is 17.0 Å². The Morgan fingerprint density at radius 3 is 2.41 bits per heavy atom. The lowest BCUT2D eigenvalue weighted by Crippen LogP contribution is -2.30. The molecule has 1 amide bonds. The second-order valence-electron chi connectivity index (χ2n) is 7.36. The molecule has 0 bridgehead atoms. The van der Waals surface area contributed by atoms with Gasteiger partial charge in [-0.1, -0.05) is 11.6 Å². The van der Waals surface area contributed by atoms with E-state index in [1.54, 1.807) is 38.1 Å². The van der Waals surface area contributed by atoms with Crippen LogP contribution in [0.3, 0.4) is 0 Å². The smallest absolute Gasteiger partial charge is 0.347 e. The van der Waals surface area contributed by atoms with Crippen LogP contribution in [-0.4, -0.2) is 44.3 Å². The molecule has 168 valence electrons. The Morgan fingerprint density at radius 1 is 1.06 bits per heavy atom. The van der Waals surface area contributed by atoms with Gasteiger partial charge in [0.05, 0.1) is 5.69 Å². The van der Waals surface area contributed by atoms with Gasteiger partial charge in [0.25, 0.3) is 11.9 Å². The molecule has 0 spiro atoms. The molecule has 0 aliphatic carbocycles. The van der Waals surface area contributed by atoms with Crippen molar-refractivity contribution in [2.45, 2.75) is 40.7 Å². The molecule has 3 rings (SSSR count). The molecule has 1 unspecified atom stereocenters. The Bertz CT molecular complexity index is 1140. The standard InChI is InChI=1S/C22H24ClN5O4/c1-12-8-17(23)6-7-18(12)32-16(5)21(30)31-11-20(29)26-19-10-15(4)27-28(19)22-24-13(2)9-14(3)25-22/h6-10,16H,11H2,1-5H3,(H,26,29). The first-order chi connectivity index (χ1) is 15.1. The molecule has 32 heavy (non-hydrogen) atoms. The average Bonchev–Trinajstić information content (AvgIpc) is 3.07. The third kappa shape index (κ3) is 5.82. The van der Waals surface area contributed by atoms with Crippen molar-refractivity contribution >= 4 is 29.3 Å². The predicted molar refractivity (Wildman–Crippen MR) is 119 cm³/mol. The molecule has 1 atom stereocenters. The summed E-state index contributed by atoms with van der Waals surface area (Å²) in [6.45, 7) is 8.36. The van der Waals surface area contributed by atoms with Crippen LogP contribution in [0.15, 0.2) is 30.3 Å². The summed E-state index contributed by atoms with van der Waals surface area (Å²) in [6, 6.07) is 8.59. The summed E-state index contributed by atoms with van der Waals surface area (Å²) >= 11 is 5.93. The fourth-order valence-electron chi connectivity index (χ4n) is 2.96. The van der Waals surface area contributed by atoms with E-state index in [9.17, 15) is 9.59 Å². The van der Waals surface area contributed by atoms with Gasteiger partial charge in [-0.15, -0.1) is 0 Å². The Balaban J connectivity index is 1.61. The number of aromatic nitrogens is 4. The number of anilines is 1. The maximum Gasteiger partial charge on any atom is 0.347 e. The fourth-order valence-corrected chi connectivity index (χ4v) is 3.19. The molecule has 1 aromatic carbocycles. The SMILES string of the molecule is Cc1cc(C)nc(-n2nc(C)cc2NC(=O)COC(=O)C(C)Oc2ccc(Cl)cc2C)n1. The Labute approximate surface area is 190 Å². The molecule has 0 aliphatic rings. The number of amides is 1. The molecular weight excluding hydrogens is 434 g/mol. The largest absolute Gasteiger partial charge is 0.479 e. The second kappa shape index (κ2) is 9.78. The van der Waals surface area contributed by atoms with Gasteiger partial charge in [0.15, 0.2) is 12.7 Å². The van der Waals surface area contributed by atoms with E-state index in [2.05, 4.69) is 20.4 Å². The molecule has 2 heterocycles. The molecule has 2 aromatic heterocycles. The van der Waals surface area contributed by atoms with Crippen LogP contribution in [0.25, 0.3) is 5.95 Å². The minimum atomic E-state index is -0.904. The number of hydrogen-bond donors (Lipinski definition) is 1. The summed E-state index contributed by atoms with van der Waals surface area (Å²) < 4.78 is 12.2. The average molecular weight is 458 g/mol. The molecule has 0 saturated heterocycles. The minimum absolute atomic E-state index is 0.336. The maximum absolute atomic E-state index is 12.4. The van der Waals surface area contributed by atoms with Crippen LogP contribution >= 0.6 is 11.6 Å². The van der Waals surface area contributed by atoms with E-state index in [1.165, 1.54) is 4.68 Å². The number of carbonyl (C=O) groups excluding carboxylic acids is 2. The number of hydrogen-bond acceptors (Lipinski definition) is 7. The first kappa shape index (κ1) is 23.2. The topological polar surface area (TPSA) is 108 Å². The van der Waals surface area contributed by atoms with Crippen LogP contribution in [0.1, 0.15) is 29.6 Å². The van der Waals surface area contributed by atoms with E-state index in [4.69, 9.17) is 21.1 Å². The number of esters is 1. The van der Waals surface area contributed by atoms with Gasteiger partial charge < -0.3 is 14.8 Å². The normalized spacial score (nSPS) is 11.7. The van der Waals surface area contributed by atoms with E-state index in [-0.39, 0.29) is 0 Å². The maximum atomic E-state index is 12.4. The number of aryl methyl sites for hydroxylation is 4. The first-order valence-corrected chi connectivity index (χ1v) is 10.3. The highest BCUT2D eigenvalue weighted by Gasteiger charge is 2.20. The summed E-state index contributed by atoms with van der Waals surface area (Å²) in [7, 11) is 0. The number of rotatable bonds is 7. The zero-order valence-electron chi connectivity index (χ0n) is 18.5. The lowest BCUT2D eigenvalue weighted by Gasteiger charge is -2.15. The third-order valence-corrected chi connectivity index (χ3v) is 4.61. The number of halogens is 1. The number of carbonyl (C=O) groups is 2. The van der Waals surface area contributed by atoms with Crippen molar-refractivity contribution in [2.75, 3.05) is 11.9 Å². The number of benzene rings is 1. The van der Waals surface area contributed by atoms with Gasteiger partial charge in [0.1, 0.15) is 11.6 Å².